The van der Waals surface area contributed by atoms with Gasteiger partial charge in [-0.25, -0.2) is 0 Å². The molecule has 6 nitrogen and oxygen atoms in total. The number of hydrogen-bond donors (Lipinski definition) is 3. The van der Waals surface area contributed by atoms with Gasteiger partial charge in [-0.05, 0) is 123 Å². The number of aromatic hydroxyl groups is 2. The van der Waals surface area contributed by atoms with Crippen LogP contribution in [0.2, 0.25) is 0 Å². The molecule has 0 unspecified atom stereocenters. The molecular formula is C39H52O6. The van der Waals surface area contributed by atoms with E-state index >= 15 is 4.79 Å². The van der Waals surface area contributed by atoms with Gasteiger partial charge in [0.2, 0.25) is 0 Å². The number of benzene rings is 1. The SMILES string of the molecule is CC(C)=CCC/C(C)=C/C[C@]12C[C@H](CC=C(C)C)C(C)(C)[C@](CCC=C(C)C)(C(=O)C(=C(O)c3ccc(O)c(O)c3)C1=O)C2=O. The van der Waals surface area contributed by atoms with Crippen LogP contribution >= 0.6 is 0 Å². The largest absolute Gasteiger partial charge is 0.506 e. The molecule has 0 aliphatic heterocycles. The van der Waals surface area contributed by atoms with Crippen molar-refractivity contribution in [3.05, 3.63) is 75.9 Å². The van der Waals surface area contributed by atoms with Crippen molar-refractivity contribution in [3.8, 4) is 11.5 Å². The minimum Gasteiger partial charge on any atom is -0.506 e. The van der Waals surface area contributed by atoms with E-state index in [4.69, 9.17) is 0 Å². The van der Waals surface area contributed by atoms with Gasteiger partial charge in [-0.2, -0.15) is 0 Å². The highest BCUT2D eigenvalue weighted by Crippen LogP contribution is 2.65. The lowest BCUT2D eigenvalue weighted by Crippen LogP contribution is -2.69. The van der Waals surface area contributed by atoms with Crippen molar-refractivity contribution in [2.75, 3.05) is 0 Å². The molecule has 45 heavy (non-hydrogen) atoms. The van der Waals surface area contributed by atoms with Crippen LogP contribution in [-0.4, -0.2) is 32.7 Å². The van der Waals surface area contributed by atoms with Crippen LogP contribution in [0.1, 0.15) is 113 Å². The molecule has 0 radical (unpaired) electrons. The average molecular weight is 617 g/mol. The van der Waals surface area contributed by atoms with Crippen LogP contribution < -0.4 is 0 Å². The van der Waals surface area contributed by atoms with Gasteiger partial charge in [0.1, 0.15) is 11.3 Å². The fraction of sp³-hybridized carbons (Fsp3) is 0.513. The molecule has 0 spiro atoms. The maximum absolute atomic E-state index is 15.1. The molecule has 3 rings (SSSR count). The number of allylic oxidation sites excluding steroid dienone is 9. The van der Waals surface area contributed by atoms with Gasteiger partial charge in [0.25, 0.3) is 0 Å². The fourth-order valence-electron chi connectivity index (χ4n) is 7.19. The number of phenolic OH excluding ortho intramolecular Hbond substituents is 2. The molecule has 2 aliphatic rings. The average Bonchev–Trinajstić information content (AvgIpc) is 2.94. The number of phenols is 2. The summed E-state index contributed by atoms with van der Waals surface area (Å²) in [5.74, 6) is -3.27. The summed E-state index contributed by atoms with van der Waals surface area (Å²) in [4.78, 5) is 44.7. The molecule has 0 aromatic heterocycles. The predicted octanol–water partition coefficient (Wildman–Crippen LogP) is 9.29. The summed E-state index contributed by atoms with van der Waals surface area (Å²) in [7, 11) is 0. The number of aliphatic hydroxyl groups excluding tert-OH is 1. The number of aliphatic hydroxyl groups is 1. The number of ketones is 3. The minimum absolute atomic E-state index is 0.0244. The van der Waals surface area contributed by atoms with Crippen molar-refractivity contribution in [1.82, 2.24) is 0 Å². The molecule has 2 aliphatic carbocycles. The molecule has 2 saturated carbocycles. The topological polar surface area (TPSA) is 112 Å². The summed E-state index contributed by atoms with van der Waals surface area (Å²) >= 11 is 0. The third-order valence-corrected chi connectivity index (χ3v) is 10.1. The molecule has 244 valence electrons. The van der Waals surface area contributed by atoms with Crippen molar-refractivity contribution in [2.45, 2.75) is 107 Å². The first-order valence-electron chi connectivity index (χ1n) is 16.1. The van der Waals surface area contributed by atoms with E-state index in [2.05, 4.69) is 12.2 Å². The van der Waals surface area contributed by atoms with E-state index in [9.17, 15) is 24.9 Å². The van der Waals surface area contributed by atoms with Crippen molar-refractivity contribution < 1.29 is 29.7 Å². The summed E-state index contributed by atoms with van der Waals surface area (Å²) in [6, 6.07) is 3.68. The van der Waals surface area contributed by atoms with Gasteiger partial charge in [-0.3, -0.25) is 14.4 Å². The summed E-state index contributed by atoms with van der Waals surface area (Å²) in [6.45, 7) is 18.0. The van der Waals surface area contributed by atoms with Gasteiger partial charge in [0.15, 0.2) is 28.8 Å². The lowest BCUT2D eigenvalue weighted by Gasteiger charge is -2.60. The second-order valence-corrected chi connectivity index (χ2v) is 14.4. The number of hydrogen-bond acceptors (Lipinski definition) is 6. The van der Waals surface area contributed by atoms with Gasteiger partial charge in [0, 0.05) is 5.56 Å². The number of fused-ring (bicyclic) bond motifs is 2. The van der Waals surface area contributed by atoms with Crippen LogP contribution in [0.4, 0.5) is 0 Å². The molecule has 2 bridgehead atoms. The Hall–Kier alpha value is -3.67. The fourth-order valence-corrected chi connectivity index (χ4v) is 7.19. The highest BCUT2D eigenvalue weighted by molar-refractivity contribution is 6.41. The maximum atomic E-state index is 15.1. The number of rotatable bonds is 11. The second-order valence-electron chi connectivity index (χ2n) is 14.4. The van der Waals surface area contributed by atoms with E-state index in [1.165, 1.54) is 17.7 Å². The first-order valence-corrected chi connectivity index (χ1v) is 16.1. The second kappa shape index (κ2) is 13.8. The number of Topliss-reactive ketones (excluding diaryl/α,β-unsaturated/α-hetero) is 3. The Kier molecular flexibility index (Phi) is 10.9. The molecule has 0 heterocycles. The number of carbonyl (C=O) groups excluding carboxylic acids is 3. The van der Waals surface area contributed by atoms with E-state index in [-0.39, 0.29) is 42.1 Å². The van der Waals surface area contributed by atoms with E-state index in [1.54, 1.807) is 0 Å². The Bertz CT molecular complexity index is 1500. The highest BCUT2D eigenvalue weighted by atomic mass is 16.3. The zero-order chi connectivity index (χ0) is 33.9. The van der Waals surface area contributed by atoms with E-state index < -0.39 is 45.1 Å². The highest BCUT2D eigenvalue weighted by Gasteiger charge is 2.73. The Morgan fingerprint density at radius 2 is 1.42 bits per heavy atom. The third-order valence-electron chi connectivity index (χ3n) is 10.1. The van der Waals surface area contributed by atoms with Gasteiger partial charge < -0.3 is 15.3 Å². The van der Waals surface area contributed by atoms with Crippen molar-refractivity contribution in [2.24, 2.45) is 22.2 Å². The van der Waals surface area contributed by atoms with Crippen LogP contribution in [0.3, 0.4) is 0 Å². The predicted molar refractivity (Wildman–Crippen MR) is 181 cm³/mol. The Balaban J connectivity index is 2.36. The van der Waals surface area contributed by atoms with Gasteiger partial charge >= 0.3 is 0 Å². The van der Waals surface area contributed by atoms with Crippen molar-refractivity contribution in [3.63, 3.8) is 0 Å². The van der Waals surface area contributed by atoms with Gasteiger partial charge in [0.05, 0.1) is 10.8 Å². The molecule has 1 aromatic carbocycles. The lowest BCUT2D eigenvalue weighted by molar-refractivity contribution is -0.177. The van der Waals surface area contributed by atoms with Crippen molar-refractivity contribution >= 4 is 23.1 Å². The first kappa shape index (κ1) is 35.8. The monoisotopic (exact) mass is 616 g/mol. The molecule has 3 atom stereocenters. The Morgan fingerprint density at radius 1 is 0.822 bits per heavy atom. The molecule has 0 amide bonds. The summed E-state index contributed by atoms with van der Waals surface area (Å²) in [5.41, 5.74) is 0.173. The molecule has 2 fully saturated rings. The number of carbonyl (C=O) groups is 3. The summed E-state index contributed by atoms with van der Waals surface area (Å²) in [6.07, 6.45) is 11.6. The van der Waals surface area contributed by atoms with E-state index in [0.717, 1.165) is 35.6 Å². The maximum Gasteiger partial charge on any atom is 0.184 e. The standard InChI is InChI=1S/C39H52O6/c1-24(2)12-10-14-27(7)19-21-38-23-29(17-15-26(5)6)37(8,9)39(36(38)45,20-11-13-25(3)4)35(44)32(34(38)43)33(42)28-16-18-30(40)31(41)22-28/h12-13,15-16,18-19,22,29,40-42H,10-11,14,17,20-21,23H2,1-9H3/b27-19+,33-32?/t29-,38-,39+/m0/s1. The summed E-state index contributed by atoms with van der Waals surface area (Å²) < 4.78 is 0. The van der Waals surface area contributed by atoms with Crippen LogP contribution in [0.25, 0.3) is 5.76 Å². The van der Waals surface area contributed by atoms with Crippen LogP contribution in [0.15, 0.2) is 70.4 Å². The van der Waals surface area contributed by atoms with Gasteiger partial charge in [-0.1, -0.05) is 60.4 Å². The lowest BCUT2D eigenvalue weighted by atomic mass is 9.38. The third kappa shape index (κ3) is 6.80. The smallest absolute Gasteiger partial charge is 0.184 e. The quantitative estimate of drug-likeness (QED) is 0.0570. The minimum atomic E-state index is -1.56. The zero-order valence-electron chi connectivity index (χ0n) is 28.6. The van der Waals surface area contributed by atoms with Crippen LogP contribution in [-0.2, 0) is 14.4 Å². The Morgan fingerprint density at radius 3 is 2.00 bits per heavy atom. The molecule has 6 heteroatoms. The molecule has 3 N–H and O–H groups in total. The van der Waals surface area contributed by atoms with E-state index in [1.807, 2.05) is 74.5 Å². The van der Waals surface area contributed by atoms with Crippen LogP contribution in [0, 0.1) is 22.2 Å². The van der Waals surface area contributed by atoms with Gasteiger partial charge in [-0.15, -0.1) is 0 Å². The molecule has 0 saturated heterocycles. The molecule has 1 aromatic rings. The normalized spacial score (nSPS) is 25.5. The van der Waals surface area contributed by atoms with Crippen molar-refractivity contribution in [1.29, 1.82) is 0 Å². The summed E-state index contributed by atoms with van der Waals surface area (Å²) in [5, 5.41) is 31.7. The first-order chi connectivity index (χ1) is 20.9. The zero-order valence-corrected chi connectivity index (χ0v) is 28.6. The molecular weight excluding hydrogens is 564 g/mol. The van der Waals surface area contributed by atoms with E-state index in [0.29, 0.717) is 12.8 Å². The van der Waals surface area contributed by atoms with Crippen LogP contribution in [0.5, 0.6) is 11.5 Å². The Labute approximate surface area is 269 Å².